The van der Waals surface area contributed by atoms with Gasteiger partial charge in [-0.3, -0.25) is 4.79 Å². The minimum absolute atomic E-state index is 0.199. The van der Waals surface area contributed by atoms with Gasteiger partial charge in [-0.1, -0.05) is 0 Å². The molecular formula is C16H13F3N4OS. The molecule has 0 aliphatic rings. The number of aromatic amines is 1. The fraction of sp³-hybridized carbons (Fsp3) is 0.188. The molecule has 3 heterocycles. The van der Waals surface area contributed by atoms with Crippen LogP contribution in [0.2, 0.25) is 0 Å². The molecule has 0 aliphatic carbocycles. The van der Waals surface area contributed by atoms with Crippen LogP contribution in [0, 0.1) is 0 Å². The summed E-state index contributed by atoms with van der Waals surface area (Å²) < 4.78 is 39.4. The summed E-state index contributed by atoms with van der Waals surface area (Å²) in [4.78, 5) is 22.5. The molecule has 1 amide bonds. The number of H-pyrrole nitrogens is 1. The number of amides is 1. The number of aromatic nitrogens is 3. The van der Waals surface area contributed by atoms with Crippen molar-refractivity contribution in [2.45, 2.75) is 18.1 Å². The SMILES string of the molecule is CSc1cc(C(F)(F)F)cc(-c2c[nH]c3cnc(NC(C)=O)cc23)n1. The van der Waals surface area contributed by atoms with Crippen LogP contribution in [-0.2, 0) is 11.0 Å². The van der Waals surface area contributed by atoms with Gasteiger partial charge in [0, 0.05) is 24.1 Å². The Balaban J connectivity index is 2.17. The summed E-state index contributed by atoms with van der Waals surface area (Å²) in [7, 11) is 0. The third kappa shape index (κ3) is 3.60. The Labute approximate surface area is 145 Å². The molecule has 0 spiro atoms. The van der Waals surface area contributed by atoms with Gasteiger partial charge in [0.2, 0.25) is 5.91 Å². The van der Waals surface area contributed by atoms with Crippen molar-refractivity contribution in [1.29, 1.82) is 0 Å². The number of carbonyl (C=O) groups is 1. The number of thioether (sulfide) groups is 1. The predicted molar refractivity (Wildman–Crippen MR) is 90.4 cm³/mol. The van der Waals surface area contributed by atoms with Gasteiger partial charge in [0.15, 0.2) is 0 Å². The first-order chi connectivity index (χ1) is 11.8. The molecule has 9 heteroatoms. The number of rotatable bonds is 3. The van der Waals surface area contributed by atoms with Crippen LogP contribution in [0.25, 0.3) is 22.2 Å². The molecule has 3 rings (SSSR count). The number of nitrogens with one attached hydrogen (secondary N) is 2. The van der Waals surface area contributed by atoms with Gasteiger partial charge in [-0.05, 0) is 24.5 Å². The molecule has 0 fully saturated rings. The Kier molecular flexibility index (Phi) is 4.42. The molecular weight excluding hydrogens is 353 g/mol. The van der Waals surface area contributed by atoms with E-state index in [0.717, 1.165) is 23.9 Å². The largest absolute Gasteiger partial charge is 0.416 e. The van der Waals surface area contributed by atoms with Crippen molar-refractivity contribution in [3.63, 3.8) is 0 Å². The van der Waals surface area contributed by atoms with Crippen molar-refractivity contribution in [2.75, 3.05) is 11.6 Å². The Bertz CT molecular complexity index is 952. The van der Waals surface area contributed by atoms with E-state index in [1.54, 1.807) is 18.5 Å². The average Bonchev–Trinajstić information content (AvgIpc) is 2.96. The molecule has 0 bridgehead atoms. The van der Waals surface area contributed by atoms with E-state index in [2.05, 4.69) is 20.3 Å². The molecule has 0 saturated heterocycles. The standard InChI is InChI=1S/C16H13F3N4OS/c1-8(24)22-14-5-10-11(6-20-13(10)7-21-14)12-3-9(16(17,18)19)4-15(23-12)25-2/h3-7,20H,1-2H3,(H,21,22,24). The zero-order valence-corrected chi connectivity index (χ0v) is 14.0. The Hall–Kier alpha value is -2.55. The fourth-order valence-electron chi connectivity index (χ4n) is 2.39. The lowest BCUT2D eigenvalue weighted by molar-refractivity contribution is -0.137. The van der Waals surface area contributed by atoms with Gasteiger partial charge in [-0.2, -0.15) is 13.2 Å². The van der Waals surface area contributed by atoms with Gasteiger partial charge < -0.3 is 10.3 Å². The van der Waals surface area contributed by atoms with E-state index in [1.807, 2.05) is 0 Å². The van der Waals surface area contributed by atoms with E-state index >= 15 is 0 Å². The summed E-state index contributed by atoms with van der Waals surface area (Å²) in [5.74, 6) is 0.0312. The van der Waals surface area contributed by atoms with Crippen LogP contribution in [0.1, 0.15) is 12.5 Å². The number of anilines is 1. The maximum Gasteiger partial charge on any atom is 0.416 e. The van der Waals surface area contributed by atoms with Gasteiger partial charge in [0.1, 0.15) is 5.82 Å². The average molecular weight is 366 g/mol. The summed E-state index contributed by atoms with van der Waals surface area (Å²) in [5.41, 5.74) is 0.581. The zero-order valence-electron chi connectivity index (χ0n) is 13.2. The van der Waals surface area contributed by atoms with E-state index in [4.69, 9.17) is 0 Å². The Morgan fingerprint density at radius 2 is 2.04 bits per heavy atom. The fourth-order valence-corrected chi connectivity index (χ4v) is 2.83. The van der Waals surface area contributed by atoms with Gasteiger partial charge >= 0.3 is 6.18 Å². The van der Waals surface area contributed by atoms with Crippen molar-refractivity contribution < 1.29 is 18.0 Å². The van der Waals surface area contributed by atoms with Crippen LogP contribution in [0.5, 0.6) is 0 Å². The van der Waals surface area contributed by atoms with Gasteiger partial charge in [-0.15, -0.1) is 11.8 Å². The Morgan fingerprint density at radius 1 is 1.28 bits per heavy atom. The van der Waals surface area contributed by atoms with Gasteiger partial charge in [0.05, 0.1) is 28.0 Å². The van der Waals surface area contributed by atoms with Crippen molar-refractivity contribution in [1.82, 2.24) is 15.0 Å². The first-order valence-electron chi connectivity index (χ1n) is 7.16. The minimum Gasteiger partial charge on any atom is -0.359 e. The van der Waals surface area contributed by atoms with Crippen molar-refractivity contribution in [2.24, 2.45) is 0 Å². The molecule has 3 aromatic heterocycles. The van der Waals surface area contributed by atoms with E-state index in [-0.39, 0.29) is 16.6 Å². The van der Waals surface area contributed by atoms with Gasteiger partial charge in [0.25, 0.3) is 0 Å². The third-order valence-electron chi connectivity index (χ3n) is 3.48. The molecule has 0 unspecified atom stereocenters. The normalized spacial score (nSPS) is 11.7. The minimum atomic E-state index is -4.46. The molecule has 25 heavy (non-hydrogen) atoms. The number of pyridine rings is 2. The van der Waals surface area contributed by atoms with E-state index in [9.17, 15) is 18.0 Å². The summed E-state index contributed by atoms with van der Waals surface area (Å²) in [6.45, 7) is 1.35. The van der Waals surface area contributed by atoms with Crippen LogP contribution in [0.4, 0.5) is 19.0 Å². The molecule has 3 aromatic rings. The number of fused-ring (bicyclic) bond motifs is 1. The van der Waals surface area contributed by atoms with Crippen LogP contribution < -0.4 is 5.32 Å². The highest BCUT2D eigenvalue weighted by molar-refractivity contribution is 7.98. The number of carbonyl (C=O) groups excluding carboxylic acids is 1. The Morgan fingerprint density at radius 3 is 2.68 bits per heavy atom. The third-order valence-corrected chi connectivity index (χ3v) is 4.11. The van der Waals surface area contributed by atoms with E-state index < -0.39 is 11.7 Å². The first kappa shape index (κ1) is 17.3. The monoisotopic (exact) mass is 366 g/mol. The molecule has 0 atom stereocenters. The van der Waals surface area contributed by atoms with E-state index in [0.29, 0.717) is 22.3 Å². The molecule has 0 aliphatic heterocycles. The molecule has 0 aromatic carbocycles. The zero-order chi connectivity index (χ0) is 18.2. The summed E-state index contributed by atoms with van der Waals surface area (Å²) in [5, 5.41) is 3.45. The second-order valence-electron chi connectivity index (χ2n) is 5.28. The van der Waals surface area contributed by atoms with Crippen LogP contribution in [-0.4, -0.2) is 27.1 Å². The lowest BCUT2D eigenvalue weighted by atomic mass is 10.1. The first-order valence-corrected chi connectivity index (χ1v) is 8.39. The summed E-state index contributed by atoms with van der Waals surface area (Å²) in [6.07, 6.45) is 0.293. The topological polar surface area (TPSA) is 70.7 Å². The highest BCUT2D eigenvalue weighted by Crippen LogP contribution is 2.36. The van der Waals surface area contributed by atoms with Crippen LogP contribution in [0.3, 0.4) is 0 Å². The number of halogens is 3. The van der Waals surface area contributed by atoms with Crippen molar-refractivity contribution in [3.05, 3.63) is 36.2 Å². The molecule has 0 saturated carbocycles. The number of hydrogen-bond acceptors (Lipinski definition) is 4. The van der Waals surface area contributed by atoms with Gasteiger partial charge in [-0.25, -0.2) is 9.97 Å². The quantitative estimate of drug-likeness (QED) is 0.677. The summed E-state index contributed by atoms with van der Waals surface area (Å²) >= 11 is 1.14. The molecule has 2 N–H and O–H groups in total. The molecule has 0 radical (unpaired) electrons. The smallest absolute Gasteiger partial charge is 0.359 e. The van der Waals surface area contributed by atoms with E-state index in [1.165, 1.54) is 13.1 Å². The van der Waals surface area contributed by atoms with Crippen molar-refractivity contribution >= 4 is 34.4 Å². The van der Waals surface area contributed by atoms with Crippen LogP contribution >= 0.6 is 11.8 Å². The van der Waals surface area contributed by atoms with Crippen LogP contribution in [0.15, 0.2) is 35.6 Å². The summed E-state index contributed by atoms with van der Waals surface area (Å²) in [6, 6.07) is 3.64. The highest BCUT2D eigenvalue weighted by Gasteiger charge is 2.32. The highest BCUT2D eigenvalue weighted by atomic mass is 32.2. The maximum atomic E-state index is 13.1. The number of hydrogen-bond donors (Lipinski definition) is 2. The second-order valence-corrected chi connectivity index (χ2v) is 6.11. The second kappa shape index (κ2) is 6.40. The maximum absolute atomic E-state index is 13.1. The van der Waals surface area contributed by atoms with Crippen molar-refractivity contribution in [3.8, 4) is 11.3 Å². The number of alkyl halides is 3. The lowest BCUT2D eigenvalue weighted by Crippen LogP contribution is -2.07. The molecule has 5 nitrogen and oxygen atoms in total. The predicted octanol–water partition coefficient (Wildman–Crippen LogP) is 4.32. The molecule has 130 valence electrons. The lowest BCUT2D eigenvalue weighted by Gasteiger charge is -2.10. The number of nitrogens with zero attached hydrogens (tertiary/aromatic N) is 2.